The summed E-state index contributed by atoms with van der Waals surface area (Å²) < 4.78 is 49.2. The van der Waals surface area contributed by atoms with Crippen LogP contribution in [-0.4, -0.2) is 30.8 Å². The van der Waals surface area contributed by atoms with Crippen molar-refractivity contribution in [2.75, 3.05) is 19.0 Å². The first-order chi connectivity index (χ1) is 18.8. The third-order valence-corrected chi connectivity index (χ3v) is 6.26. The quantitative estimate of drug-likeness (QED) is 0.359. The Morgan fingerprint density at radius 3 is 2.42 bits per heavy atom. The van der Waals surface area contributed by atoms with Gasteiger partial charge >= 0.3 is 6.18 Å². The van der Waals surface area contributed by atoms with Gasteiger partial charge in [0.15, 0.2) is 0 Å². The molecule has 214 valence electrons. The lowest BCUT2D eigenvalue weighted by Gasteiger charge is -2.21. The molecule has 0 bridgehead atoms. The van der Waals surface area contributed by atoms with E-state index in [9.17, 15) is 22.8 Å². The molecule has 3 aromatic rings. The zero-order valence-corrected chi connectivity index (χ0v) is 22.8. The summed E-state index contributed by atoms with van der Waals surface area (Å²) in [5.74, 6) is 3.44. The number of pyridine rings is 1. The largest absolute Gasteiger partial charge is 0.493 e. The number of amides is 1. The molecule has 0 fully saturated rings. The fourth-order valence-electron chi connectivity index (χ4n) is 4.15. The monoisotopic (exact) mass is 558 g/mol. The van der Waals surface area contributed by atoms with Crippen molar-refractivity contribution in [3.05, 3.63) is 76.5 Å². The lowest BCUT2D eigenvalue weighted by Crippen LogP contribution is -2.29. The maximum Gasteiger partial charge on any atom is 0.416 e. The van der Waals surface area contributed by atoms with Gasteiger partial charge in [-0.05, 0) is 75.3 Å². The van der Waals surface area contributed by atoms with Crippen LogP contribution < -0.4 is 26.3 Å². The summed E-state index contributed by atoms with van der Waals surface area (Å²) in [5, 5.41) is 2.78. The van der Waals surface area contributed by atoms with Crippen molar-refractivity contribution >= 4 is 18.0 Å². The van der Waals surface area contributed by atoms with Gasteiger partial charge in [-0.25, -0.2) is 4.98 Å². The fraction of sp³-hybridized carbons (Fsp3) is 0.345. The van der Waals surface area contributed by atoms with E-state index in [2.05, 4.69) is 23.0 Å². The Hall–Kier alpha value is -3.96. The summed E-state index contributed by atoms with van der Waals surface area (Å²) in [7, 11) is 1.50. The predicted octanol–water partition coefficient (Wildman–Crippen LogP) is 5.54. The minimum atomic E-state index is -4.47. The zero-order chi connectivity index (χ0) is 29.7. The highest BCUT2D eigenvalue weighted by atomic mass is 19.4. The molecule has 40 heavy (non-hydrogen) atoms. The van der Waals surface area contributed by atoms with Crippen LogP contribution in [0.25, 0.3) is 0 Å². The van der Waals surface area contributed by atoms with Crippen LogP contribution in [0.3, 0.4) is 0 Å². The van der Waals surface area contributed by atoms with Gasteiger partial charge in [0.2, 0.25) is 5.91 Å². The number of ether oxygens (including phenoxy) is 2. The second-order valence-electron chi connectivity index (χ2n) is 9.88. The first kappa shape index (κ1) is 30.6. The maximum atomic E-state index is 12.5. The molecule has 2 aromatic carbocycles. The number of halogens is 3. The van der Waals surface area contributed by atoms with Crippen LogP contribution in [0.4, 0.5) is 19.0 Å². The summed E-state index contributed by atoms with van der Waals surface area (Å²) >= 11 is 0. The van der Waals surface area contributed by atoms with Gasteiger partial charge in [-0.15, -0.1) is 0 Å². The topological polar surface area (TPSA) is 130 Å². The minimum absolute atomic E-state index is 0.000606. The first-order valence-electron chi connectivity index (χ1n) is 12.6. The van der Waals surface area contributed by atoms with E-state index in [-0.39, 0.29) is 17.0 Å². The Morgan fingerprint density at radius 1 is 1.07 bits per heavy atom. The second kappa shape index (κ2) is 12.5. The number of hydrogen-bond donors (Lipinski definition) is 3. The first-order valence-corrected chi connectivity index (χ1v) is 12.6. The molecule has 1 unspecified atom stereocenters. The van der Waals surface area contributed by atoms with Crippen LogP contribution in [0.2, 0.25) is 0 Å². The van der Waals surface area contributed by atoms with E-state index < -0.39 is 17.3 Å². The van der Waals surface area contributed by atoms with Gasteiger partial charge in [0, 0.05) is 40.8 Å². The summed E-state index contributed by atoms with van der Waals surface area (Å²) in [5.41, 5.74) is 10.8. The number of fused-ring (bicyclic) bond motifs is 2. The summed E-state index contributed by atoms with van der Waals surface area (Å²) in [4.78, 5) is 26.2. The number of rotatable bonds is 4. The van der Waals surface area contributed by atoms with E-state index in [0.29, 0.717) is 30.9 Å². The number of nitrogens with zero attached hydrogens (tertiary/aromatic N) is 1. The van der Waals surface area contributed by atoms with Crippen LogP contribution in [0.1, 0.15) is 65.7 Å². The number of aromatic nitrogens is 1. The second-order valence-corrected chi connectivity index (χ2v) is 9.88. The number of aldehydes is 1. The molecule has 2 aliphatic rings. The van der Waals surface area contributed by atoms with Crippen molar-refractivity contribution in [3.63, 3.8) is 0 Å². The summed E-state index contributed by atoms with van der Waals surface area (Å²) in [6.45, 7) is 6.02. The van der Waals surface area contributed by atoms with Crippen molar-refractivity contribution < 1.29 is 32.2 Å². The molecule has 3 heterocycles. The van der Waals surface area contributed by atoms with E-state index in [1.165, 1.54) is 18.7 Å². The van der Waals surface area contributed by atoms with E-state index in [4.69, 9.17) is 15.2 Å². The minimum Gasteiger partial charge on any atom is -0.493 e. The van der Waals surface area contributed by atoms with Crippen molar-refractivity contribution in [3.8, 4) is 17.2 Å². The highest BCUT2D eigenvalue weighted by Crippen LogP contribution is 2.39. The fourth-order valence-corrected chi connectivity index (χ4v) is 4.15. The van der Waals surface area contributed by atoms with Crippen LogP contribution >= 0.6 is 0 Å². The van der Waals surface area contributed by atoms with E-state index in [0.717, 1.165) is 41.6 Å². The molecule has 0 radical (unpaired) electrons. The number of nitrogens with two attached hydrogens (primary N) is 2. The van der Waals surface area contributed by atoms with E-state index in [1.807, 2.05) is 24.3 Å². The van der Waals surface area contributed by atoms with Crippen molar-refractivity contribution in [2.45, 2.75) is 51.2 Å². The van der Waals surface area contributed by atoms with Gasteiger partial charge in [0.1, 0.15) is 29.4 Å². The number of carbonyl (C=O) groups excluding carboxylic acids is 2. The molecule has 5 rings (SSSR count). The molecule has 2 aliphatic heterocycles. The number of alkyl halides is 3. The Kier molecular flexibility index (Phi) is 9.54. The van der Waals surface area contributed by atoms with Gasteiger partial charge in [-0.1, -0.05) is 6.92 Å². The average molecular weight is 559 g/mol. The van der Waals surface area contributed by atoms with E-state index >= 15 is 0 Å². The molecule has 11 heteroatoms. The van der Waals surface area contributed by atoms with Gasteiger partial charge in [0.25, 0.3) is 0 Å². The molecule has 1 atom stereocenters. The van der Waals surface area contributed by atoms with Crippen LogP contribution in [0.5, 0.6) is 17.2 Å². The molecule has 0 saturated heterocycles. The molecule has 5 N–H and O–H groups in total. The molecular formula is C29H33F3N4O4. The Morgan fingerprint density at radius 2 is 1.77 bits per heavy atom. The zero-order valence-electron chi connectivity index (χ0n) is 22.8. The van der Waals surface area contributed by atoms with Crippen molar-refractivity contribution in [1.82, 2.24) is 4.98 Å². The highest BCUT2D eigenvalue weighted by molar-refractivity contribution is 5.93. The summed E-state index contributed by atoms with van der Waals surface area (Å²) in [6.07, 6.45) is -1.33. The van der Waals surface area contributed by atoms with Crippen molar-refractivity contribution in [2.24, 2.45) is 11.5 Å². The number of benzene rings is 2. The number of hydrogen-bond acceptors (Lipinski definition) is 7. The van der Waals surface area contributed by atoms with Crippen LogP contribution in [0, 0.1) is 0 Å². The van der Waals surface area contributed by atoms with Gasteiger partial charge < -0.3 is 26.3 Å². The molecule has 1 aromatic heterocycles. The van der Waals surface area contributed by atoms with Crippen LogP contribution in [0.15, 0.2) is 48.7 Å². The van der Waals surface area contributed by atoms with E-state index in [1.54, 1.807) is 20.0 Å². The molecule has 1 amide bonds. The molecule has 0 spiro atoms. The Balaban J connectivity index is 0.000000219. The number of anilines is 1. The molecule has 0 aliphatic carbocycles. The molecular weight excluding hydrogens is 525 g/mol. The highest BCUT2D eigenvalue weighted by Gasteiger charge is 2.32. The maximum absolute atomic E-state index is 12.5. The molecule has 0 saturated carbocycles. The summed E-state index contributed by atoms with van der Waals surface area (Å²) in [6, 6.07) is 10.9. The number of nitrogens with one attached hydrogen (secondary N) is 1. The Labute approximate surface area is 230 Å². The predicted molar refractivity (Wildman–Crippen MR) is 146 cm³/mol. The van der Waals surface area contributed by atoms with Gasteiger partial charge in [0.05, 0.1) is 12.2 Å². The normalized spacial score (nSPS) is 15.6. The lowest BCUT2D eigenvalue weighted by molar-refractivity contribution is -0.137. The third-order valence-electron chi connectivity index (χ3n) is 6.26. The lowest BCUT2D eigenvalue weighted by atomic mass is 9.92. The number of carbonyl (C=O) groups is 2. The Bertz CT molecular complexity index is 1340. The SMILES string of the molecule is CC(C)(N)c1cc(C=O)cc(C(F)(F)F)c1.CC1COc2ccc(Oc3ccnc4c3CCC(=O)N4)cc21.CN. The smallest absolute Gasteiger partial charge is 0.416 e. The molecule has 8 nitrogen and oxygen atoms in total. The third kappa shape index (κ3) is 7.36. The van der Waals surface area contributed by atoms with Gasteiger partial charge in [-0.2, -0.15) is 13.2 Å². The van der Waals surface area contributed by atoms with Crippen LogP contribution in [-0.2, 0) is 22.9 Å². The average Bonchev–Trinajstić information content (AvgIpc) is 3.28. The standard InChI is InChI=1S/C17H16N2O3.C11H12F3NO.CH5N/c1-10-9-21-14-4-2-11(8-13(10)14)22-15-6-7-18-17-12(15)3-5-16(20)19-17;1-10(2,15)8-3-7(6-16)4-9(5-8)11(12,13)14;1-2/h2,4,6-8,10H,3,5,9H2,1H3,(H,18,19,20);3-6H,15H2,1-2H3;2H2,1H3. The van der Waals surface area contributed by atoms with Crippen molar-refractivity contribution in [1.29, 1.82) is 0 Å². The van der Waals surface area contributed by atoms with Gasteiger partial charge in [-0.3, -0.25) is 9.59 Å².